The van der Waals surface area contributed by atoms with Crippen LogP contribution in [0.4, 0.5) is 5.95 Å². The second kappa shape index (κ2) is 7.60. The molecule has 0 bridgehead atoms. The van der Waals surface area contributed by atoms with Crippen LogP contribution in [0.25, 0.3) is 27.9 Å². The normalized spacial score (nSPS) is 21.7. The zero-order valence-electron chi connectivity index (χ0n) is 17.7. The lowest BCUT2D eigenvalue weighted by Crippen LogP contribution is -2.30. The maximum atomic E-state index is 5.75. The third kappa shape index (κ3) is 3.54. The second-order valence-corrected chi connectivity index (χ2v) is 8.69. The van der Waals surface area contributed by atoms with Crippen molar-refractivity contribution in [1.29, 1.82) is 0 Å². The van der Waals surface area contributed by atoms with E-state index in [1.807, 2.05) is 35.4 Å². The zero-order valence-corrected chi connectivity index (χ0v) is 17.7. The highest BCUT2D eigenvalue weighted by Gasteiger charge is 2.28. The summed E-state index contributed by atoms with van der Waals surface area (Å²) in [4.78, 5) is 17.6. The summed E-state index contributed by atoms with van der Waals surface area (Å²) < 4.78 is 7.62. The topological polar surface area (TPSA) is 93.0 Å². The molecule has 4 aromatic rings. The number of rotatable bonds is 6. The molecule has 0 amide bonds. The van der Waals surface area contributed by atoms with Crippen LogP contribution < -0.4 is 5.32 Å². The molecule has 2 N–H and O–H groups in total. The minimum atomic E-state index is 0.398. The molecule has 2 fully saturated rings. The van der Waals surface area contributed by atoms with Crippen LogP contribution >= 0.6 is 0 Å². The Labute approximate surface area is 180 Å². The van der Waals surface area contributed by atoms with Gasteiger partial charge in [0.05, 0.1) is 18.0 Å². The number of aromatic amines is 1. The van der Waals surface area contributed by atoms with Gasteiger partial charge in [0.2, 0.25) is 5.95 Å². The zero-order chi connectivity index (χ0) is 20.8. The predicted octanol–water partition coefficient (Wildman–Crippen LogP) is 4.30. The fraction of sp³-hybridized carbons (Fsp3) is 0.478. The van der Waals surface area contributed by atoms with Crippen molar-refractivity contribution in [3.05, 3.63) is 36.4 Å². The number of anilines is 1. The molecular weight excluding hydrogens is 390 g/mol. The number of H-pyrrole nitrogens is 1. The number of hydrogen-bond donors (Lipinski definition) is 2. The van der Waals surface area contributed by atoms with Gasteiger partial charge >= 0.3 is 0 Å². The molecule has 0 atom stereocenters. The van der Waals surface area contributed by atoms with Gasteiger partial charge in [-0.3, -0.25) is 0 Å². The molecule has 2 aliphatic carbocycles. The van der Waals surface area contributed by atoms with Gasteiger partial charge < -0.3 is 15.0 Å². The maximum absolute atomic E-state index is 5.75. The summed E-state index contributed by atoms with van der Waals surface area (Å²) in [7, 11) is 0. The highest BCUT2D eigenvalue weighted by atomic mass is 16.5. The Bertz CT molecular complexity index is 1220. The molecule has 0 unspecified atom stereocenters. The van der Waals surface area contributed by atoms with Crippen LogP contribution in [-0.2, 0) is 4.74 Å². The summed E-state index contributed by atoms with van der Waals surface area (Å²) in [5.41, 5.74) is 4.97. The number of hydrogen-bond acceptors (Lipinski definition) is 6. The first-order chi connectivity index (χ1) is 15.3. The molecule has 4 heterocycles. The lowest BCUT2D eigenvalue weighted by atomic mass is 9.93. The quantitative estimate of drug-likeness (QED) is 0.486. The summed E-state index contributed by atoms with van der Waals surface area (Å²) in [6, 6.07) is 2.40. The minimum absolute atomic E-state index is 0.398. The summed E-state index contributed by atoms with van der Waals surface area (Å²) >= 11 is 0. The van der Waals surface area contributed by atoms with Crippen LogP contribution in [-0.4, -0.2) is 48.3 Å². The molecule has 4 aromatic heterocycles. The fourth-order valence-electron chi connectivity index (χ4n) is 4.70. The van der Waals surface area contributed by atoms with E-state index in [0.29, 0.717) is 24.0 Å². The molecule has 160 valence electrons. The Morgan fingerprint density at radius 1 is 1.13 bits per heavy atom. The van der Waals surface area contributed by atoms with Crippen molar-refractivity contribution in [2.24, 2.45) is 0 Å². The van der Waals surface area contributed by atoms with E-state index < -0.39 is 0 Å². The molecular formula is C23H27N7O. The van der Waals surface area contributed by atoms with Crippen molar-refractivity contribution in [3.8, 4) is 11.3 Å². The number of ether oxygens (including phenoxy) is 1. The van der Waals surface area contributed by atoms with Gasteiger partial charge in [0.15, 0.2) is 5.65 Å². The van der Waals surface area contributed by atoms with Gasteiger partial charge in [-0.15, -0.1) is 0 Å². The Hall–Kier alpha value is -3.00. The van der Waals surface area contributed by atoms with E-state index in [1.165, 1.54) is 18.4 Å². The lowest BCUT2D eigenvalue weighted by molar-refractivity contribution is 0.0346. The first kappa shape index (κ1) is 18.7. The van der Waals surface area contributed by atoms with Crippen LogP contribution in [0.3, 0.4) is 0 Å². The Morgan fingerprint density at radius 2 is 2.00 bits per heavy atom. The predicted molar refractivity (Wildman–Crippen MR) is 119 cm³/mol. The molecule has 0 saturated heterocycles. The molecule has 6 rings (SSSR count). The van der Waals surface area contributed by atoms with E-state index in [4.69, 9.17) is 14.7 Å². The first-order valence-electron chi connectivity index (χ1n) is 11.4. The number of aromatic nitrogens is 6. The Morgan fingerprint density at radius 3 is 2.81 bits per heavy atom. The van der Waals surface area contributed by atoms with Crippen LogP contribution in [0, 0.1) is 0 Å². The van der Waals surface area contributed by atoms with E-state index in [0.717, 1.165) is 60.2 Å². The fourth-order valence-corrected chi connectivity index (χ4v) is 4.70. The summed E-state index contributed by atoms with van der Waals surface area (Å²) in [6.07, 6.45) is 15.0. The molecule has 8 heteroatoms. The highest BCUT2D eigenvalue weighted by Crippen LogP contribution is 2.41. The van der Waals surface area contributed by atoms with Gasteiger partial charge in [-0.1, -0.05) is 0 Å². The van der Waals surface area contributed by atoms with Crippen LogP contribution in [0.1, 0.15) is 56.9 Å². The molecule has 2 saturated carbocycles. The van der Waals surface area contributed by atoms with Crippen molar-refractivity contribution in [1.82, 2.24) is 29.5 Å². The third-order valence-corrected chi connectivity index (χ3v) is 6.53. The van der Waals surface area contributed by atoms with Gasteiger partial charge in [-0.05, 0) is 57.4 Å². The first-order valence-corrected chi connectivity index (χ1v) is 11.4. The molecule has 8 nitrogen and oxygen atoms in total. The van der Waals surface area contributed by atoms with Gasteiger partial charge in [0.25, 0.3) is 0 Å². The van der Waals surface area contributed by atoms with E-state index in [-0.39, 0.29) is 0 Å². The average molecular weight is 418 g/mol. The average Bonchev–Trinajstić information content (AvgIpc) is 3.41. The molecule has 31 heavy (non-hydrogen) atoms. The summed E-state index contributed by atoms with van der Waals surface area (Å²) in [6.45, 7) is 2.86. The van der Waals surface area contributed by atoms with Gasteiger partial charge in [-0.25, -0.2) is 14.5 Å². The number of nitrogens with zero attached hydrogens (tertiary/aromatic N) is 5. The standard InChI is InChI=1S/C23H27N7O/c1-2-31-16-7-5-15(6-8-16)27-23-25-12-19-18(11-24-21(19)29-23)20-9-10-30-22(28-20)17(13-26-30)14-3-4-14/h9-16H,2-8H2,1H3,(H2,24,25,27,29)/t15-,16+. The largest absolute Gasteiger partial charge is 0.379 e. The van der Waals surface area contributed by atoms with Crippen LogP contribution in [0.2, 0.25) is 0 Å². The van der Waals surface area contributed by atoms with E-state index >= 15 is 0 Å². The van der Waals surface area contributed by atoms with E-state index in [1.54, 1.807) is 0 Å². The smallest absolute Gasteiger partial charge is 0.224 e. The van der Waals surface area contributed by atoms with Crippen LogP contribution in [0.5, 0.6) is 0 Å². The maximum Gasteiger partial charge on any atom is 0.224 e. The summed E-state index contributed by atoms with van der Waals surface area (Å²) in [5, 5.41) is 8.94. The second-order valence-electron chi connectivity index (χ2n) is 8.69. The minimum Gasteiger partial charge on any atom is -0.379 e. The van der Waals surface area contributed by atoms with Gasteiger partial charge in [0.1, 0.15) is 5.65 Å². The van der Waals surface area contributed by atoms with E-state index in [9.17, 15) is 0 Å². The van der Waals surface area contributed by atoms with E-state index in [2.05, 4.69) is 27.3 Å². The molecule has 2 aliphatic rings. The molecule has 0 spiro atoms. The van der Waals surface area contributed by atoms with Crippen molar-refractivity contribution in [2.45, 2.75) is 63.5 Å². The van der Waals surface area contributed by atoms with Gasteiger partial charge in [0, 0.05) is 47.8 Å². The molecule has 0 aliphatic heterocycles. The summed E-state index contributed by atoms with van der Waals surface area (Å²) in [5.74, 6) is 1.29. The highest BCUT2D eigenvalue weighted by molar-refractivity contribution is 5.92. The monoisotopic (exact) mass is 417 g/mol. The lowest BCUT2D eigenvalue weighted by Gasteiger charge is -2.28. The Balaban J connectivity index is 1.24. The number of fused-ring (bicyclic) bond motifs is 2. The SMILES string of the molecule is CCO[C@H]1CC[C@@H](Nc2ncc3c(-c4ccn5ncc(C6CC6)c5n4)c[nH]c3n2)CC1. The van der Waals surface area contributed by atoms with Gasteiger partial charge in [-0.2, -0.15) is 10.1 Å². The molecule has 0 aromatic carbocycles. The van der Waals surface area contributed by atoms with Crippen molar-refractivity contribution >= 4 is 22.6 Å². The van der Waals surface area contributed by atoms with Crippen LogP contribution in [0.15, 0.2) is 30.9 Å². The molecule has 0 radical (unpaired) electrons. The third-order valence-electron chi connectivity index (χ3n) is 6.53. The number of nitrogens with one attached hydrogen (secondary N) is 2. The van der Waals surface area contributed by atoms with Crippen molar-refractivity contribution < 1.29 is 4.74 Å². The van der Waals surface area contributed by atoms with Crippen molar-refractivity contribution in [2.75, 3.05) is 11.9 Å². The Kier molecular flexibility index (Phi) is 4.60. The van der Waals surface area contributed by atoms with Crippen molar-refractivity contribution in [3.63, 3.8) is 0 Å².